The number of nitrogens with two attached hydrogens (primary N) is 1. The largest absolute Gasteiger partial charge is 0.382 e. The maximum atomic E-state index is 5.68. The number of nitrogen functional groups attached to an aromatic ring is 1. The maximum absolute atomic E-state index is 5.68. The Labute approximate surface area is 119 Å². The van der Waals surface area contributed by atoms with Crippen molar-refractivity contribution in [1.82, 2.24) is 19.7 Å². The van der Waals surface area contributed by atoms with Crippen molar-refractivity contribution < 1.29 is 0 Å². The number of aromatic nitrogens is 3. The molecule has 5 nitrogen and oxygen atoms in total. The number of aryl methyl sites for hydroxylation is 1. The molecule has 3 rings (SSSR count). The summed E-state index contributed by atoms with van der Waals surface area (Å²) < 4.78 is 2.01. The molecule has 0 amide bonds. The fraction of sp³-hybridized carbons (Fsp3) is 0.467. The van der Waals surface area contributed by atoms with Crippen molar-refractivity contribution in [2.24, 2.45) is 0 Å². The molecule has 0 atom stereocenters. The van der Waals surface area contributed by atoms with Crippen LogP contribution in [-0.2, 0) is 6.54 Å². The molecule has 2 N–H and O–H groups in total. The van der Waals surface area contributed by atoms with E-state index < -0.39 is 0 Å². The van der Waals surface area contributed by atoms with Gasteiger partial charge < -0.3 is 5.73 Å². The quantitative estimate of drug-likeness (QED) is 0.927. The second-order valence-electron chi connectivity index (χ2n) is 5.49. The van der Waals surface area contributed by atoms with Crippen molar-refractivity contribution in [1.29, 1.82) is 0 Å². The van der Waals surface area contributed by atoms with Gasteiger partial charge in [-0.05, 0) is 37.5 Å². The van der Waals surface area contributed by atoms with Crippen molar-refractivity contribution in [3.8, 4) is 0 Å². The van der Waals surface area contributed by atoms with E-state index in [2.05, 4.69) is 28.0 Å². The standard InChI is InChI=1S/C15H21N5/c1-12-3-2-7-17-14(12)11-19-8-4-13(5-9-19)20-10-6-15(16)18-20/h2-3,6-7,10,13H,4-5,8-9,11H2,1H3,(H2,16,18). The van der Waals surface area contributed by atoms with Crippen molar-refractivity contribution in [2.45, 2.75) is 32.4 Å². The summed E-state index contributed by atoms with van der Waals surface area (Å²) in [6.07, 6.45) is 6.10. The minimum atomic E-state index is 0.480. The van der Waals surface area contributed by atoms with Crippen LogP contribution in [0.15, 0.2) is 30.6 Å². The number of hydrogen-bond donors (Lipinski definition) is 1. The molecule has 0 aliphatic carbocycles. The van der Waals surface area contributed by atoms with Crippen LogP contribution < -0.4 is 5.73 Å². The van der Waals surface area contributed by atoms with Crippen LogP contribution in [0.1, 0.15) is 30.1 Å². The van der Waals surface area contributed by atoms with Gasteiger partial charge in [-0.25, -0.2) is 0 Å². The van der Waals surface area contributed by atoms with Gasteiger partial charge in [-0.3, -0.25) is 14.6 Å². The van der Waals surface area contributed by atoms with Gasteiger partial charge in [0.15, 0.2) is 0 Å². The molecule has 5 heteroatoms. The average molecular weight is 271 g/mol. The van der Waals surface area contributed by atoms with Gasteiger partial charge in [-0.1, -0.05) is 6.07 Å². The van der Waals surface area contributed by atoms with Crippen molar-refractivity contribution >= 4 is 5.82 Å². The Balaban J connectivity index is 1.58. The van der Waals surface area contributed by atoms with E-state index in [1.807, 2.05) is 29.2 Å². The van der Waals surface area contributed by atoms with E-state index in [1.165, 1.54) is 11.3 Å². The summed E-state index contributed by atoms with van der Waals surface area (Å²) in [5.41, 5.74) is 8.14. The highest BCUT2D eigenvalue weighted by Gasteiger charge is 2.21. The van der Waals surface area contributed by atoms with Crippen LogP contribution in [0.25, 0.3) is 0 Å². The molecule has 0 bridgehead atoms. The Kier molecular flexibility index (Phi) is 3.69. The minimum absolute atomic E-state index is 0.480. The smallest absolute Gasteiger partial charge is 0.145 e. The van der Waals surface area contributed by atoms with Gasteiger partial charge in [0.05, 0.1) is 11.7 Å². The Morgan fingerprint density at radius 2 is 2.10 bits per heavy atom. The molecule has 106 valence electrons. The van der Waals surface area contributed by atoms with Crippen LogP contribution in [0.5, 0.6) is 0 Å². The summed E-state index contributed by atoms with van der Waals surface area (Å²) in [4.78, 5) is 6.95. The molecule has 2 aromatic rings. The van der Waals surface area contributed by atoms with Gasteiger partial charge in [0, 0.05) is 32.0 Å². The molecule has 0 aromatic carbocycles. The lowest BCUT2D eigenvalue weighted by atomic mass is 10.0. The minimum Gasteiger partial charge on any atom is -0.382 e. The molecular formula is C15H21N5. The molecule has 3 heterocycles. The second kappa shape index (κ2) is 5.63. The highest BCUT2D eigenvalue weighted by atomic mass is 15.3. The monoisotopic (exact) mass is 271 g/mol. The Bertz CT molecular complexity index is 569. The van der Waals surface area contributed by atoms with Crippen LogP contribution in [0.4, 0.5) is 5.82 Å². The van der Waals surface area contributed by atoms with Crippen LogP contribution in [-0.4, -0.2) is 32.8 Å². The van der Waals surface area contributed by atoms with Gasteiger partial charge in [0.2, 0.25) is 0 Å². The van der Waals surface area contributed by atoms with Crippen LogP contribution in [0.2, 0.25) is 0 Å². The molecule has 0 unspecified atom stereocenters. The molecule has 20 heavy (non-hydrogen) atoms. The zero-order chi connectivity index (χ0) is 13.9. The number of nitrogens with zero attached hydrogens (tertiary/aromatic N) is 4. The highest BCUT2D eigenvalue weighted by molar-refractivity contribution is 5.24. The van der Waals surface area contributed by atoms with Crippen molar-refractivity contribution in [3.05, 3.63) is 41.9 Å². The first-order valence-corrected chi connectivity index (χ1v) is 7.16. The van der Waals surface area contributed by atoms with E-state index in [9.17, 15) is 0 Å². The topological polar surface area (TPSA) is 60.0 Å². The van der Waals surface area contributed by atoms with E-state index >= 15 is 0 Å². The third-order valence-electron chi connectivity index (χ3n) is 4.05. The van der Waals surface area contributed by atoms with Crippen LogP contribution in [0.3, 0.4) is 0 Å². The van der Waals surface area contributed by atoms with E-state index in [-0.39, 0.29) is 0 Å². The first-order valence-electron chi connectivity index (χ1n) is 7.16. The summed E-state index contributed by atoms with van der Waals surface area (Å²) in [7, 11) is 0. The maximum Gasteiger partial charge on any atom is 0.145 e. The van der Waals surface area contributed by atoms with Crippen LogP contribution in [0, 0.1) is 6.92 Å². The number of pyridine rings is 1. The highest BCUT2D eigenvalue weighted by Crippen LogP contribution is 2.23. The normalized spacial score (nSPS) is 17.4. The fourth-order valence-electron chi connectivity index (χ4n) is 2.79. The Morgan fingerprint density at radius 3 is 2.75 bits per heavy atom. The molecular weight excluding hydrogens is 250 g/mol. The molecule has 0 spiro atoms. The predicted octanol–water partition coefficient (Wildman–Crippen LogP) is 2.01. The number of hydrogen-bond acceptors (Lipinski definition) is 4. The van der Waals surface area contributed by atoms with Crippen molar-refractivity contribution in [2.75, 3.05) is 18.8 Å². The van der Waals surface area contributed by atoms with Gasteiger partial charge in [0.1, 0.15) is 5.82 Å². The number of likely N-dealkylation sites (tertiary alicyclic amines) is 1. The van der Waals surface area contributed by atoms with Crippen LogP contribution >= 0.6 is 0 Å². The lowest BCUT2D eigenvalue weighted by molar-refractivity contribution is 0.171. The number of anilines is 1. The first kappa shape index (κ1) is 13.1. The predicted molar refractivity (Wildman–Crippen MR) is 79.2 cm³/mol. The number of rotatable bonds is 3. The fourth-order valence-corrected chi connectivity index (χ4v) is 2.79. The third kappa shape index (κ3) is 2.82. The Hall–Kier alpha value is -1.88. The van der Waals surface area contributed by atoms with E-state index in [4.69, 9.17) is 5.73 Å². The molecule has 1 fully saturated rings. The van der Waals surface area contributed by atoms with Gasteiger partial charge in [-0.15, -0.1) is 0 Å². The lowest BCUT2D eigenvalue weighted by Gasteiger charge is -2.32. The SMILES string of the molecule is Cc1cccnc1CN1CCC(n2ccc(N)n2)CC1. The Morgan fingerprint density at radius 1 is 1.30 bits per heavy atom. The molecule has 1 aliphatic rings. The van der Waals surface area contributed by atoms with Crippen molar-refractivity contribution in [3.63, 3.8) is 0 Å². The van der Waals surface area contributed by atoms with E-state index in [0.717, 1.165) is 32.5 Å². The summed E-state index contributed by atoms with van der Waals surface area (Å²) in [6, 6.07) is 6.46. The molecule has 0 radical (unpaired) electrons. The summed E-state index contributed by atoms with van der Waals surface area (Å²) in [5.74, 6) is 0.608. The second-order valence-corrected chi connectivity index (χ2v) is 5.49. The van der Waals surface area contributed by atoms with Gasteiger partial charge in [-0.2, -0.15) is 5.10 Å². The van der Waals surface area contributed by atoms with E-state index in [1.54, 1.807) is 0 Å². The molecule has 1 saturated heterocycles. The summed E-state index contributed by atoms with van der Waals surface area (Å²) in [6.45, 7) is 5.24. The van der Waals surface area contributed by atoms with Gasteiger partial charge >= 0.3 is 0 Å². The average Bonchev–Trinajstić information content (AvgIpc) is 2.89. The van der Waals surface area contributed by atoms with Gasteiger partial charge in [0.25, 0.3) is 0 Å². The van der Waals surface area contributed by atoms with E-state index in [0.29, 0.717) is 11.9 Å². The number of piperidine rings is 1. The zero-order valence-corrected chi connectivity index (χ0v) is 11.9. The molecule has 1 aliphatic heterocycles. The molecule has 0 saturated carbocycles. The summed E-state index contributed by atoms with van der Waals surface area (Å²) in [5, 5.41) is 4.32. The first-order chi connectivity index (χ1) is 9.72. The third-order valence-corrected chi connectivity index (χ3v) is 4.05. The molecule has 2 aromatic heterocycles. The summed E-state index contributed by atoms with van der Waals surface area (Å²) >= 11 is 0. The lowest BCUT2D eigenvalue weighted by Crippen LogP contribution is -2.34. The zero-order valence-electron chi connectivity index (χ0n) is 11.9.